The number of H-pyrrole nitrogens is 2. The van der Waals surface area contributed by atoms with Crippen molar-refractivity contribution >= 4 is 29.7 Å². The van der Waals surface area contributed by atoms with Crippen LogP contribution in [0.5, 0.6) is 0 Å². The number of halogens is 1. The van der Waals surface area contributed by atoms with E-state index in [1.807, 2.05) is 0 Å². The number of rotatable bonds is 8. The molecule has 3 amide bonds. The minimum Gasteiger partial charge on any atom is -0.442 e. The highest BCUT2D eigenvalue weighted by atomic mass is 19.1. The number of carbonyl (C=O) groups excluding carboxylic acids is 3. The van der Waals surface area contributed by atoms with Crippen molar-refractivity contribution in [3.63, 3.8) is 0 Å². The van der Waals surface area contributed by atoms with Crippen molar-refractivity contribution in [3.8, 4) is 11.1 Å². The van der Waals surface area contributed by atoms with Gasteiger partial charge in [-0.15, -0.1) is 0 Å². The van der Waals surface area contributed by atoms with Gasteiger partial charge in [0.25, 0.3) is 5.56 Å². The smallest absolute Gasteiger partial charge is 0.414 e. The highest BCUT2D eigenvalue weighted by Gasteiger charge is 2.32. The maximum atomic E-state index is 15.0. The average molecular weight is 536 g/mol. The zero-order chi connectivity index (χ0) is 28.1. The lowest BCUT2D eigenvalue weighted by Crippen LogP contribution is -2.33. The summed E-state index contributed by atoms with van der Waals surface area (Å²) in [6, 6.07) is 11.4. The maximum Gasteiger partial charge on any atom is 0.414 e. The van der Waals surface area contributed by atoms with E-state index in [4.69, 9.17) is 4.74 Å². The van der Waals surface area contributed by atoms with Gasteiger partial charge in [0, 0.05) is 30.8 Å². The predicted molar refractivity (Wildman–Crippen MR) is 141 cm³/mol. The standard InChI is InChI=1S/C27H26FN5O6/c1-15-21(25(36)32-26(37)31-15)9-10-24(35)30-12-17-3-5-18(6-4-17)22-8-7-19(11-23(22)28)33-14-20(39-27(33)38)13-29-16(2)34/h3-11,20H,12-14H2,1-2H3,(H,29,34)(H,30,35)(H2,31,32,36,37)/b10-9+/t20-/m0/s1. The van der Waals surface area contributed by atoms with E-state index >= 15 is 0 Å². The van der Waals surface area contributed by atoms with Crippen LogP contribution in [0, 0.1) is 12.7 Å². The number of benzene rings is 2. The topological polar surface area (TPSA) is 153 Å². The molecule has 3 aromatic rings. The van der Waals surface area contributed by atoms with Gasteiger partial charge in [0.05, 0.1) is 24.3 Å². The number of aromatic amines is 2. The largest absolute Gasteiger partial charge is 0.442 e. The van der Waals surface area contributed by atoms with Crippen LogP contribution in [0.15, 0.2) is 58.1 Å². The highest BCUT2D eigenvalue weighted by Crippen LogP contribution is 2.29. The van der Waals surface area contributed by atoms with E-state index in [0.717, 1.165) is 5.56 Å². The lowest BCUT2D eigenvalue weighted by Gasteiger charge is -2.15. The molecular weight excluding hydrogens is 509 g/mol. The van der Waals surface area contributed by atoms with Gasteiger partial charge in [0.1, 0.15) is 11.9 Å². The van der Waals surface area contributed by atoms with Crippen LogP contribution < -0.4 is 26.8 Å². The van der Waals surface area contributed by atoms with Gasteiger partial charge in [0.15, 0.2) is 0 Å². The molecule has 0 saturated carbocycles. The van der Waals surface area contributed by atoms with Crippen LogP contribution in [-0.2, 0) is 20.9 Å². The van der Waals surface area contributed by atoms with Crippen molar-refractivity contribution < 1.29 is 23.5 Å². The van der Waals surface area contributed by atoms with Crippen LogP contribution in [0.1, 0.15) is 23.7 Å². The second-order valence-electron chi connectivity index (χ2n) is 8.91. The fourth-order valence-electron chi connectivity index (χ4n) is 4.02. The molecule has 39 heavy (non-hydrogen) atoms. The first kappa shape index (κ1) is 27.0. The van der Waals surface area contributed by atoms with E-state index in [1.165, 1.54) is 30.0 Å². The van der Waals surface area contributed by atoms with Gasteiger partial charge in [-0.25, -0.2) is 14.0 Å². The molecular formula is C27H26FN5O6. The van der Waals surface area contributed by atoms with Gasteiger partial charge in [-0.2, -0.15) is 0 Å². The zero-order valence-electron chi connectivity index (χ0n) is 21.2. The third kappa shape index (κ3) is 6.66. The number of hydrogen-bond donors (Lipinski definition) is 4. The van der Waals surface area contributed by atoms with E-state index in [9.17, 15) is 28.4 Å². The van der Waals surface area contributed by atoms with Crippen molar-refractivity contribution in [2.24, 2.45) is 0 Å². The van der Waals surface area contributed by atoms with Gasteiger partial charge in [-0.05, 0) is 42.3 Å². The molecule has 1 aliphatic heterocycles. The molecule has 4 N–H and O–H groups in total. The number of aromatic nitrogens is 2. The number of nitrogens with zero attached hydrogens (tertiary/aromatic N) is 1. The number of nitrogens with one attached hydrogen (secondary N) is 4. The maximum absolute atomic E-state index is 15.0. The summed E-state index contributed by atoms with van der Waals surface area (Å²) in [5.74, 6) is -1.20. The van der Waals surface area contributed by atoms with E-state index < -0.39 is 35.2 Å². The zero-order valence-corrected chi connectivity index (χ0v) is 21.2. The van der Waals surface area contributed by atoms with E-state index in [-0.39, 0.29) is 31.1 Å². The third-order valence-electron chi connectivity index (χ3n) is 6.03. The molecule has 11 nitrogen and oxygen atoms in total. The van der Waals surface area contributed by atoms with Crippen molar-refractivity contribution in [1.82, 2.24) is 20.6 Å². The number of aryl methyl sites for hydroxylation is 1. The Morgan fingerprint density at radius 1 is 1.10 bits per heavy atom. The normalized spacial score (nSPS) is 14.9. The molecule has 2 aromatic carbocycles. The summed E-state index contributed by atoms with van der Waals surface area (Å²) in [6.45, 7) is 3.48. The van der Waals surface area contributed by atoms with E-state index in [0.29, 0.717) is 22.5 Å². The quantitative estimate of drug-likeness (QED) is 0.324. The second kappa shape index (κ2) is 11.6. The minimum atomic E-state index is -0.622. The summed E-state index contributed by atoms with van der Waals surface area (Å²) in [7, 11) is 0. The highest BCUT2D eigenvalue weighted by molar-refractivity contribution is 5.92. The minimum absolute atomic E-state index is 0.175. The molecule has 2 heterocycles. The molecule has 0 radical (unpaired) electrons. The number of ether oxygens (including phenoxy) is 1. The Morgan fingerprint density at radius 2 is 1.85 bits per heavy atom. The van der Waals surface area contributed by atoms with Crippen molar-refractivity contribution in [3.05, 3.63) is 92.0 Å². The fraction of sp³-hybridized carbons (Fsp3) is 0.222. The molecule has 1 saturated heterocycles. The second-order valence-corrected chi connectivity index (χ2v) is 8.91. The van der Waals surface area contributed by atoms with Gasteiger partial charge < -0.3 is 20.4 Å². The molecule has 1 aromatic heterocycles. The molecule has 1 fully saturated rings. The number of amides is 3. The number of hydrogen-bond acceptors (Lipinski definition) is 6. The van der Waals surface area contributed by atoms with Crippen LogP contribution in [0.4, 0.5) is 14.9 Å². The average Bonchev–Trinajstić information content (AvgIpc) is 3.26. The number of cyclic esters (lactones) is 1. The Kier molecular flexibility index (Phi) is 8.04. The van der Waals surface area contributed by atoms with Crippen LogP contribution in [0.2, 0.25) is 0 Å². The molecule has 0 spiro atoms. The summed E-state index contributed by atoms with van der Waals surface area (Å²) in [6.07, 6.45) is 1.38. The monoisotopic (exact) mass is 535 g/mol. The van der Waals surface area contributed by atoms with Gasteiger partial charge in [-0.3, -0.25) is 24.3 Å². The van der Waals surface area contributed by atoms with E-state index in [2.05, 4.69) is 20.6 Å². The molecule has 1 atom stereocenters. The Hall–Kier alpha value is -5.00. The van der Waals surface area contributed by atoms with Gasteiger partial charge >= 0.3 is 11.8 Å². The predicted octanol–water partition coefficient (Wildman–Crippen LogP) is 1.97. The van der Waals surface area contributed by atoms with Crippen LogP contribution >= 0.6 is 0 Å². The van der Waals surface area contributed by atoms with Crippen molar-refractivity contribution in [1.29, 1.82) is 0 Å². The third-order valence-corrected chi connectivity index (χ3v) is 6.03. The van der Waals surface area contributed by atoms with Gasteiger partial charge in [0.2, 0.25) is 11.8 Å². The Bertz CT molecular complexity index is 1560. The molecule has 202 valence electrons. The molecule has 4 rings (SSSR count). The molecule has 12 heteroatoms. The SMILES string of the molecule is CC(=O)NC[C@H]1CN(c2ccc(-c3ccc(CNC(=O)/C=C/c4c(C)[nH]c(=O)[nH]c4=O)cc3)c(F)c2)C(=O)O1. The summed E-state index contributed by atoms with van der Waals surface area (Å²) in [5.41, 5.74) is 1.35. The van der Waals surface area contributed by atoms with Crippen LogP contribution in [-0.4, -0.2) is 47.1 Å². The Labute approximate surface area is 221 Å². The molecule has 0 bridgehead atoms. The summed E-state index contributed by atoms with van der Waals surface area (Å²) in [4.78, 5) is 64.5. The lowest BCUT2D eigenvalue weighted by molar-refractivity contribution is -0.119. The molecule has 0 aliphatic carbocycles. The molecule has 0 unspecified atom stereocenters. The number of anilines is 1. The van der Waals surface area contributed by atoms with Crippen LogP contribution in [0.25, 0.3) is 17.2 Å². The Balaban J connectivity index is 1.36. The number of carbonyl (C=O) groups is 3. The van der Waals surface area contributed by atoms with E-state index in [1.54, 1.807) is 43.3 Å². The first-order chi connectivity index (χ1) is 18.6. The Morgan fingerprint density at radius 3 is 2.51 bits per heavy atom. The van der Waals surface area contributed by atoms with Crippen LogP contribution in [0.3, 0.4) is 0 Å². The van der Waals surface area contributed by atoms with Crippen molar-refractivity contribution in [2.75, 3.05) is 18.0 Å². The van der Waals surface area contributed by atoms with Gasteiger partial charge in [-0.1, -0.05) is 24.3 Å². The summed E-state index contributed by atoms with van der Waals surface area (Å²) in [5, 5.41) is 5.29. The summed E-state index contributed by atoms with van der Waals surface area (Å²) < 4.78 is 20.2. The lowest BCUT2D eigenvalue weighted by atomic mass is 10.0. The summed E-state index contributed by atoms with van der Waals surface area (Å²) >= 11 is 0. The molecule has 1 aliphatic rings. The fourth-order valence-corrected chi connectivity index (χ4v) is 4.02. The van der Waals surface area contributed by atoms with Crippen molar-refractivity contribution in [2.45, 2.75) is 26.5 Å². The first-order valence-corrected chi connectivity index (χ1v) is 12.0. The first-order valence-electron chi connectivity index (χ1n) is 12.0.